The molecule has 9 heteroatoms. The Bertz CT molecular complexity index is 1510. The summed E-state index contributed by atoms with van der Waals surface area (Å²) in [4.78, 5) is 58.2. The smallest absolute Gasteiger partial charge is 0.227 e. The number of allylic oxidation sites excluding steroid dienone is 5. The molecule has 0 heterocycles. The van der Waals surface area contributed by atoms with Crippen molar-refractivity contribution in [1.29, 1.82) is 0 Å². The molecule has 0 atom stereocenters. The van der Waals surface area contributed by atoms with Gasteiger partial charge in [-0.2, -0.15) is 0 Å². The van der Waals surface area contributed by atoms with E-state index in [4.69, 9.17) is 0 Å². The first kappa shape index (κ1) is 33.2. The monoisotopic (exact) mass is 628 g/mol. The minimum atomic E-state index is -0.497. The molecule has 0 aliphatic heterocycles. The summed E-state index contributed by atoms with van der Waals surface area (Å²) < 4.78 is 0. The number of amides is 2. The van der Waals surface area contributed by atoms with Gasteiger partial charge in [0.05, 0.1) is 28.1 Å². The molecular formula is C37H48N4O5. The zero-order valence-corrected chi connectivity index (χ0v) is 27.7. The van der Waals surface area contributed by atoms with Crippen molar-refractivity contribution < 1.29 is 24.3 Å². The van der Waals surface area contributed by atoms with Gasteiger partial charge in [0.1, 0.15) is 5.76 Å². The Balaban J connectivity index is 1.55. The fourth-order valence-electron chi connectivity index (χ4n) is 7.35. The van der Waals surface area contributed by atoms with Crippen LogP contribution in [0.3, 0.4) is 0 Å². The molecule has 1 aromatic rings. The molecule has 2 saturated carbocycles. The molecule has 246 valence electrons. The summed E-state index contributed by atoms with van der Waals surface area (Å²) in [6.45, 7) is 10.9. The number of carbonyl (C=O) groups excluding carboxylic acids is 4. The molecule has 0 bridgehead atoms. The number of rotatable bonds is 12. The van der Waals surface area contributed by atoms with E-state index < -0.39 is 11.6 Å². The van der Waals surface area contributed by atoms with Crippen LogP contribution in [0.4, 0.5) is 11.4 Å². The third-order valence-electron chi connectivity index (χ3n) is 10.0. The van der Waals surface area contributed by atoms with Crippen molar-refractivity contribution >= 4 is 40.3 Å². The maximum Gasteiger partial charge on any atom is 0.227 e. The normalized spacial score (nSPS) is 20.4. The molecule has 0 unspecified atom stereocenters. The van der Waals surface area contributed by atoms with Crippen molar-refractivity contribution in [1.82, 2.24) is 10.2 Å². The second-order valence-electron chi connectivity index (χ2n) is 12.7. The maximum absolute atomic E-state index is 14.0. The van der Waals surface area contributed by atoms with E-state index in [0.717, 1.165) is 70.1 Å². The van der Waals surface area contributed by atoms with Crippen LogP contribution in [0.2, 0.25) is 0 Å². The van der Waals surface area contributed by atoms with Crippen molar-refractivity contribution in [3.8, 4) is 0 Å². The highest BCUT2D eigenvalue weighted by Crippen LogP contribution is 2.44. The van der Waals surface area contributed by atoms with E-state index in [1.807, 2.05) is 30.9 Å². The molecule has 2 fully saturated rings. The highest BCUT2D eigenvalue weighted by atomic mass is 16.3. The van der Waals surface area contributed by atoms with Crippen LogP contribution in [0.15, 0.2) is 58.7 Å². The van der Waals surface area contributed by atoms with Gasteiger partial charge >= 0.3 is 0 Å². The summed E-state index contributed by atoms with van der Waals surface area (Å²) in [7, 11) is 0. The molecule has 46 heavy (non-hydrogen) atoms. The van der Waals surface area contributed by atoms with Gasteiger partial charge < -0.3 is 25.5 Å². The lowest BCUT2D eigenvalue weighted by molar-refractivity contribution is -0.124. The number of nitrogens with zero attached hydrogens (tertiary/aromatic N) is 2. The van der Waals surface area contributed by atoms with E-state index in [0.29, 0.717) is 42.4 Å². The highest BCUT2D eigenvalue weighted by Gasteiger charge is 2.42. The van der Waals surface area contributed by atoms with Gasteiger partial charge in [0.15, 0.2) is 5.78 Å². The summed E-state index contributed by atoms with van der Waals surface area (Å²) in [5.74, 6) is -1.35. The summed E-state index contributed by atoms with van der Waals surface area (Å²) >= 11 is 0. The zero-order chi connectivity index (χ0) is 33.0. The van der Waals surface area contributed by atoms with Gasteiger partial charge in [-0.05, 0) is 83.6 Å². The topological polar surface area (TPSA) is 119 Å². The average molecular weight is 629 g/mol. The number of benzene rings is 1. The van der Waals surface area contributed by atoms with E-state index in [9.17, 15) is 24.3 Å². The lowest BCUT2D eigenvalue weighted by Crippen LogP contribution is -2.36. The van der Waals surface area contributed by atoms with Crippen LogP contribution in [-0.4, -0.2) is 59.6 Å². The molecule has 0 spiro atoms. The number of aliphatic hydroxyl groups is 1. The summed E-state index contributed by atoms with van der Waals surface area (Å²) in [5, 5.41) is 17.5. The molecule has 9 nitrogen and oxygen atoms in total. The van der Waals surface area contributed by atoms with Crippen molar-refractivity contribution in [3.63, 3.8) is 0 Å². The highest BCUT2D eigenvalue weighted by molar-refractivity contribution is 6.42. The number of aliphatic hydroxyl groups excluding tert-OH is 1. The summed E-state index contributed by atoms with van der Waals surface area (Å²) in [6, 6.07) is 5.49. The molecule has 1 aromatic carbocycles. The summed E-state index contributed by atoms with van der Waals surface area (Å²) in [6.07, 6.45) is 11.5. The second-order valence-corrected chi connectivity index (χ2v) is 12.7. The largest absolute Gasteiger partial charge is 0.506 e. The second kappa shape index (κ2) is 14.5. The minimum Gasteiger partial charge on any atom is -0.506 e. The number of carbonyl (C=O) groups is 4. The molecule has 0 radical (unpaired) electrons. The molecule has 0 saturated heterocycles. The number of Topliss-reactive ketones (excluding diaryl/α,β-unsaturated/α-hetero) is 1. The van der Waals surface area contributed by atoms with Crippen LogP contribution in [0, 0.1) is 11.8 Å². The number of nitrogens with one attached hydrogen (secondary N) is 2. The Morgan fingerprint density at radius 1 is 0.804 bits per heavy atom. The van der Waals surface area contributed by atoms with Crippen LogP contribution in [-0.2, 0) is 19.2 Å². The molecule has 2 amide bonds. The Labute approximate surface area is 272 Å². The van der Waals surface area contributed by atoms with Gasteiger partial charge in [-0.25, -0.2) is 0 Å². The van der Waals surface area contributed by atoms with Crippen LogP contribution in [0.1, 0.15) is 91.0 Å². The third-order valence-corrected chi connectivity index (χ3v) is 10.0. The van der Waals surface area contributed by atoms with E-state index in [1.54, 1.807) is 12.1 Å². The number of ketones is 2. The zero-order valence-electron chi connectivity index (χ0n) is 27.7. The van der Waals surface area contributed by atoms with Gasteiger partial charge in [-0.1, -0.05) is 25.7 Å². The van der Waals surface area contributed by atoms with Gasteiger partial charge in [0.25, 0.3) is 0 Å². The fraction of sp³-hybridized carbons (Fsp3) is 0.514. The Morgan fingerprint density at radius 3 is 2.04 bits per heavy atom. The predicted molar refractivity (Wildman–Crippen MR) is 181 cm³/mol. The SMILES string of the molecule is CCN(CC)C1=CC(=O)/C(=C2/C(=O)C(c3ccc(N(CC)CC)cc3NC(=O)CC3CCCC3)=C2O)C(NC(=O)C2CCCC2)=C1. The number of anilines is 2. The van der Waals surface area contributed by atoms with E-state index in [1.165, 1.54) is 6.08 Å². The third kappa shape index (κ3) is 6.69. The van der Waals surface area contributed by atoms with E-state index in [2.05, 4.69) is 29.4 Å². The van der Waals surface area contributed by atoms with Crippen LogP contribution < -0.4 is 15.5 Å². The average Bonchev–Trinajstić information content (AvgIpc) is 3.76. The molecular weight excluding hydrogens is 580 g/mol. The van der Waals surface area contributed by atoms with Gasteiger partial charge in [-0.15, -0.1) is 0 Å². The molecule has 4 aliphatic rings. The standard InChI is InChI=1S/C37H48N4O5/c1-5-40(6-2)25-17-18-27(28(20-25)38-31(43)19-23-13-9-10-14-23)32-35(44)34(36(32)45)33-29(39-37(46)24-15-11-12-16-24)21-26(22-30(33)42)41(7-3)8-4/h17-18,20-24,44H,5-16,19H2,1-4H3,(H,38,43)(H,39,46)/b34-33+. The van der Waals surface area contributed by atoms with E-state index in [-0.39, 0.29) is 45.9 Å². The Kier molecular flexibility index (Phi) is 10.5. The molecule has 0 aromatic heterocycles. The molecule has 5 rings (SSSR count). The Hall–Kier alpha value is -4.14. The fourth-order valence-corrected chi connectivity index (χ4v) is 7.35. The van der Waals surface area contributed by atoms with Crippen molar-refractivity contribution in [2.24, 2.45) is 11.8 Å². The summed E-state index contributed by atoms with van der Waals surface area (Å²) in [5.41, 5.74) is 2.59. The van der Waals surface area contributed by atoms with Crippen molar-refractivity contribution in [3.05, 3.63) is 64.2 Å². The number of hydrogen-bond acceptors (Lipinski definition) is 7. The first-order valence-corrected chi connectivity index (χ1v) is 17.2. The van der Waals surface area contributed by atoms with Crippen molar-refractivity contribution in [2.45, 2.75) is 85.5 Å². The van der Waals surface area contributed by atoms with Gasteiger partial charge in [0.2, 0.25) is 17.6 Å². The first-order valence-electron chi connectivity index (χ1n) is 17.2. The minimum absolute atomic E-state index is 0.0000771. The van der Waals surface area contributed by atoms with Crippen LogP contribution in [0.5, 0.6) is 0 Å². The lowest BCUT2D eigenvalue weighted by Gasteiger charge is -2.30. The van der Waals surface area contributed by atoms with Crippen LogP contribution in [0.25, 0.3) is 5.57 Å². The van der Waals surface area contributed by atoms with Gasteiger partial charge in [0, 0.05) is 61.5 Å². The lowest BCUT2D eigenvalue weighted by atomic mass is 9.77. The quantitative estimate of drug-likeness (QED) is 0.236. The first-order chi connectivity index (χ1) is 22.2. The molecule has 4 aliphatic carbocycles. The van der Waals surface area contributed by atoms with E-state index >= 15 is 0 Å². The molecule has 3 N–H and O–H groups in total. The van der Waals surface area contributed by atoms with Crippen LogP contribution >= 0.6 is 0 Å². The Morgan fingerprint density at radius 2 is 1.43 bits per heavy atom. The number of likely N-dealkylation sites (N-methyl/N-ethyl adjacent to an activating group) is 1. The predicted octanol–water partition coefficient (Wildman–Crippen LogP) is 6.20. The van der Waals surface area contributed by atoms with Crippen molar-refractivity contribution in [2.75, 3.05) is 36.4 Å². The van der Waals surface area contributed by atoms with Gasteiger partial charge in [-0.3, -0.25) is 19.2 Å². The number of hydrogen-bond donors (Lipinski definition) is 3. The maximum atomic E-state index is 14.0.